The molecule has 0 aliphatic heterocycles. The molecule has 0 amide bonds. The van der Waals surface area contributed by atoms with E-state index in [-0.39, 0.29) is 34.9 Å². The number of ketones is 2. The number of carbonyl (C=O) groups excluding carboxylic acids is 2. The van der Waals surface area contributed by atoms with Crippen LogP contribution in [0.5, 0.6) is 0 Å². The van der Waals surface area contributed by atoms with Crippen molar-refractivity contribution in [2.24, 2.45) is 34.5 Å². The maximum Gasteiger partial charge on any atom is 0.190 e. The van der Waals surface area contributed by atoms with Gasteiger partial charge in [0.1, 0.15) is 12.2 Å². The maximum atomic E-state index is 12.4. The summed E-state index contributed by atoms with van der Waals surface area (Å²) in [6, 6.07) is 0. The monoisotopic (exact) mass is 376 g/mol. The standard InChI is InChI=1S/C22H32O5/c1-12-8-14-15-5-7-22(27,18(26)11-23)21(15,3)10-17(25)19(14)20(2)6-4-13(24)9-16(12)20/h9,12,14-15,17,19,23,25,27H,4-8,10-11H2,1-3H3/t12-,14?,15?,17-,19?,20-,21?,22-/m0/s1. The molecule has 0 spiro atoms. The van der Waals surface area contributed by atoms with Crippen molar-refractivity contribution in [1.29, 1.82) is 0 Å². The lowest BCUT2D eigenvalue weighted by atomic mass is 9.44. The fourth-order valence-corrected chi connectivity index (χ4v) is 7.71. The van der Waals surface area contributed by atoms with Crippen LogP contribution in [-0.2, 0) is 9.59 Å². The van der Waals surface area contributed by atoms with Crippen LogP contribution in [0.4, 0.5) is 0 Å². The predicted octanol–water partition coefficient (Wildman–Crippen LogP) is 2.03. The topological polar surface area (TPSA) is 94.8 Å². The highest BCUT2D eigenvalue weighted by atomic mass is 16.3. The van der Waals surface area contributed by atoms with E-state index < -0.39 is 29.5 Å². The van der Waals surface area contributed by atoms with Crippen LogP contribution >= 0.6 is 0 Å². The van der Waals surface area contributed by atoms with Gasteiger partial charge in [0.05, 0.1) is 6.10 Å². The van der Waals surface area contributed by atoms with Crippen LogP contribution in [0.1, 0.15) is 59.3 Å². The fraction of sp³-hybridized carbons (Fsp3) is 0.818. The first-order valence-corrected chi connectivity index (χ1v) is 10.4. The number of rotatable bonds is 2. The summed E-state index contributed by atoms with van der Waals surface area (Å²) in [6.07, 6.45) is 4.84. The lowest BCUT2D eigenvalue weighted by Gasteiger charge is -2.61. The molecule has 0 aromatic heterocycles. The molecule has 4 rings (SSSR count). The van der Waals surface area contributed by atoms with Crippen LogP contribution in [0.2, 0.25) is 0 Å². The minimum absolute atomic E-state index is 0.0534. The second-order valence-electron chi connectivity index (χ2n) is 10.1. The van der Waals surface area contributed by atoms with Gasteiger partial charge in [0.2, 0.25) is 0 Å². The lowest BCUT2D eigenvalue weighted by molar-refractivity contribution is -0.184. The average molecular weight is 376 g/mol. The first-order valence-electron chi connectivity index (χ1n) is 10.4. The molecule has 4 aliphatic rings. The van der Waals surface area contributed by atoms with Gasteiger partial charge in [-0.25, -0.2) is 0 Å². The first kappa shape index (κ1) is 19.3. The molecule has 0 bridgehead atoms. The second kappa shape index (κ2) is 5.98. The largest absolute Gasteiger partial charge is 0.393 e. The summed E-state index contributed by atoms with van der Waals surface area (Å²) in [6.45, 7) is 5.63. The Bertz CT molecular complexity index is 713. The smallest absolute Gasteiger partial charge is 0.190 e. The van der Waals surface area contributed by atoms with E-state index >= 15 is 0 Å². The lowest BCUT2D eigenvalue weighted by Crippen LogP contribution is -2.62. The molecule has 5 nitrogen and oxygen atoms in total. The van der Waals surface area contributed by atoms with Gasteiger partial charge in [-0.1, -0.05) is 26.3 Å². The zero-order chi connectivity index (χ0) is 19.8. The van der Waals surface area contributed by atoms with Gasteiger partial charge in [-0.15, -0.1) is 0 Å². The summed E-state index contributed by atoms with van der Waals surface area (Å²) >= 11 is 0. The Morgan fingerprint density at radius 2 is 2.00 bits per heavy atom. The van der Waals surface area contributed by atoms with Crippen molar-refractivity contribution < 1.29 is 24.9 Å². The van der Waals surface area contributed by atoms with Crippen molar-refractivity contribution >= 4 is 11.6 Å². The number of allylic oxidation sites excluding steroid dienone is 1. The van der Waals surface area contributed by atoms with Crippen molar-refractivity contribution in [3.05, 3.63) is 11.6 Å². The number of aliphatic hydroxyl groups is 3. The van der Waals surface area contributed by atoms with E-state index in [1.807, 2.05) is 13.0 Å². The van der Waals surface area contributed by atoms with Gasteiger partial charge in [0.15, 0.2) is 11.6 Å². The second-order valence-corrected chi connectivity index (χ2v) is 10.1. The van der Waals surface area contributed by atoms with Gasteiger partial charge < -0.3 is 15.3 Å². The number of Topliss-reactive ketones (excluding diaryl/α,β-unsaturated/α-hetero) is 1. The molecule has 8 atom stereocenters. The van der Waals surface area contributed by atoms with E-state index in [1.54, 1.807) is 0 Å². The third-order valence-corrected chi connectivity index (χ3v) is 8.97. The summed E-state index contributed by atoms with van der Waals surface area (Å²) < 4.78 is 0. The highest BCUT2D eigenvalue weighted by Gasteiger charge is 2.68. The Balaban J connectivity index is 1.77. The van der Waals surface area contributed by atoms with Crippen LogP contribution in [0.25, 0.3) is 0 Å². The number of aliphatic hydroxyl groups excluding tert-OH is 2. The molecule has 0 heterocycles. The van der Waals surface area contributed by atoms with E-state index in [0.717, 1.165) is 19.3 Å². The highest BCUT2D eigenvalue weighted by molar-refractivity contribution is 5.92. The molecule has 150 valence electrons. The number of fused-ring (bicyclic) bond motifs is 5. The van der Waals surface area contributed by atoms with Crippen LogP contribution in [0.15, 0.2) is 11.6 Å². The van der Waals surface area contributed by atoms with Gasteiger partial charge in [0.25, 0.3) is 0 Å². The molecule has 4 unspecified atom stereocenters. The third kappa shape index (κ3) is 2.34. The number of hydrogen-bond donors (Lipinski definition) is 3. The van der Waals surface area contributed by atoms with E-state index in [4.69, 9.17) is 0 Å². The molecule has 0 radical (unpaired) electrons. The van der Waals surface area contributed by atoms with E-state index in [2.05, 4.69) is 13.8 Å². The Hall–Kier alpha value is -1.04. The molecule has 0 saturated heterocycles. The van der Waals surface area contributed by atoms with Crippen molar-refractivity contribution in [2.45, 2.75) is 71.0 Å². The van der Waals surface area contributed by atoms with Crippen LogP contribution in [0, 0.1) is 34.5 Å². The molecule has 27 heavy (non-hydrogen) atoms. The van der Waals surface area contributed by atoms with Crippen LogP contribution in [0.3, 0.4) is 0 Å². The summed E-state index contributed by atoms with van der Waals surface area (Å²) in [5, 5.41) is 31.9. The van der Waals surface area contributed by atoms with E-state index in [1.165, 1.54) is 5.57 Å². The van der Waals surface area contributed by atoms with E-state index in [0.29, 0.717) is 19.3 Å². The molecular weight excluding hydrogens is 344 g/mol. The highest BCUT2D eigenvalue weighted by Crippen LogP contribution is 2.68. The van der Waals surface area contributed by atoms with E-state index in [9.17, 15) is 24.9 Å². The molecule has 3 fully saturated rings. The van der Waals surface area contributed by atoms with Gasteiger partial charge in [0, 0.05) is 11.8 Å². The Labute approximate surface area is 160 Å². The first-order chi connectivity index (χ1) is 12.6. The Morgan fingerprint density at radius 1 is 1.30 bits per heavy atom. The molecule has 4 aliphatic carbocycles. The fourth-order valence-electron chi connectivity index (χ4n) is 7.71. The van der Waals surface area contributed by atoms with Crippen molar-refractivity contribution in [2.75, 3.05) is 6.61 Å². The van der Waals surface area contributed by atoms with Crippen molar-refractivity contribution in [3.8, 4) is 0 Å². The zero-order valence-electron chi connectivity index (χ0n) is 16.6. The Morgan fingerprint density at radius 3 is 2.67 bits per heavy atom. The van der Waals surface area contributed by atoms with Gasteiger partial charge in [-0.05, 0) is 67.3 Å². The molecule has 0 aromatic rings. The van der Waals surface area contributed by atoms with Crippen molar-refractivity contribution in [1.82, 2.24) is 0 Å². The minimum Gasteiger partial charge on any atom is -0.393 e. The average Bonchev–Trinajstić information content (AvgIpc) is 2.87. The Kier molecular flexibility index (Phi) is 4.27. The quantitative estimate of drug-likeness (QED) is 0.685. The summed E-state index contributed by atoms with van der Waals surface area (Å²) in [5.41, 5.74) is -1.28. The molecule has 0 aromatic carbocycles. The summed E-state index contributed by atoms with van der Waals surface area (Å²) in [5.74, 6) is 0.341. The zero-order valence-corrected chi connectivity index (χ0v) is 16.6. The summed E-state index contributed by atoms with van der Waals surface area (Å²) in [7, 11) is 0. The normalized spacial score (nSPS) is 51.9. The number of carbonyl (C=O) groups is 2. The molecular formula is C22H32O5. The van der Waals surface area contributed by atoms with Crippen LogP contribution in [-0.4, -0.2) is 45.2 Å². The molecule has 3 saturated carbocycles. The van der Waals surface area contributed by atoms with Crippen molar-refractivity contribution in [3.63, 3.8) is 0 Å². The summed E-state index contributed by atoms with van der Waals surface area (Å²) in [4.78, 5) is 24.5. The SMILES string of the molecule is C[C@H]1CC2C3CC[C@](O)(C(=O)CO)C3(C)C[C@H](O)C2[C@@]2(C)CCC(=O)C=C12. The maximum absolute atomic E-state index is 12.4. The predicted molar refractivity (Wildman–Crippen MR) is 99.7 cm³/mol. The van der Waals surface area contributed by atoms with Gasteiger partial charge >= 0.3 is 0 Å². The van der Waals surface area contributed by atoms with Gasteiger partial charge in [-0.3, -0.25) is 9.59 Å². The van der Waals surface area contributed by atoms with Crippen LogP contribution < -0.4 is 0 Å². The third-order valence-electron chi connectivity index (χ3n) is 8.97. The van der Waals surface area contributed by atoms with Gasteiger partial charge in [-0.2, -0.15) is 0 Å². The molecule has 3 N–H and O–H groups in total. The number of hydrogen-bond acceptors (Lipinski definition) is 5. The minimum atomic E-state index is -1.55. The molecule has 5 heteroatoms.